The maximum atomic E-state index is 12.0. The molecule has 1 aliphatic carbocycles. The SMILES string of the molecule is O=C(C1CCCCC1)N1CCOCC1. The van der Waals surface area contributed by atoms with E-state index in [-0.39, 0.29) is 0 Å². The second-order valence-electron chi connectivity index (χ2n) is 4.27. The number of morpholine rings is 1. The number of hydrogen-bond acceptors (Lipinski definition) is 2. The maximum Gasteiger partial charge on any atom is 0.225 e. The van der Waals surface area contributed by atoms with E-state index < -0.39 is 0 Å². The quantitative estimate of drug-likeness (QED) is 0.636. The molecule has 3 nitrogen and oxygen atoms in total. The summed E-state index contributed by atoms with van der Waals surface area (Å²) in [4.78, 5) is 14.0. The Morgan fingerprint density at radius 3 is 2.36 bits per heavy atom. The zero-order valence-corrected chi connectivity index (χ0v) is 8.71. The molecule has 14 heavy (non-hydrogen) atoms. The van der Waals surface area contributed by atoms with E-state index in [0.717, 1.165) is 39.1 Å². The van der Waals surface area contributed by atoms with Crippen LogP contribution in [0.25, 0.3) is 0 Å². The fourth-order valence-corrected chi connectivity index (χ4v) is 2.39. The summed E-state index contributed by atoms with van der Waals surface area (Å²) in [5, 5.41) is 0. The average Bonchev–Trinajstić information content (AvgIpc) is 2.30. The van der Waals surface area contributed by atoms with Gasteiger partial charge < -0.3 is 9.64 Å². The Bertz CT molecular complexity index is 173. The highest BCUT2D eigenvalue weighted by molar-refractivity contribution is 5.79. The van der Waals surface area contributed by atoms with Crippen molar-refractivity contribution in [2.75, 3.05) is 26.3 Å². The van der Waals surface area contributed by atoms with Crippen molar-refractivity contribution in [1.29, 1.82) is 0 Å². The summed E-state index contributed by atoms with van der Waals surface area (Å²) in [6.07, 6.45) is 6.00. The Labute approximate surface area is 85.4 Å². The van der Waals surface area contributed by atoms with E-state index in [1.54, 1.807) is 0 Å². The normalized spacial score (nSPS) is 25.0. The second-order valence-corrected chi connectivity index (χ2v) is 4.27. The van der Waals surface area contributed by atoms with E-state index in [1.807, 2.05) is 4.90 Å². The number of carbonyl (C=O) groups excluding carboxylic acids is 1. The molecule has 0 aromatic carbocycles. The molecule has 80 valence electrons. The van der Waals surface area contributed by atoms with Gasteiger partial charge in [-0.05, 0) is 12.8 Å². The number of amides is 1. The van der Waals surface area contributed by atoms with Crippen molar-refractivity contribution in [3.05, 3.63) is 0 Å². The lowest BCUT2D eigenvalue weighted by Gasteiger charge is -2.31. The van der Waals surface area contributed by atoms with Crippen molar-refractivity contribution >= 4 is 5.91 Å². The molecule has 0 bridgehead atoms. The first-order chi connectivity index (χ1) is 6.88. The third-order valence-electron chi connectivity index (χ3n) is 3.28. The highest BCUT2D eigenvalue weighted by Crippen LogP contribution is 2.25. The molecule has 2 fully saturated rings. The molecule has 1 saturated carbocycles. The molecule has 0 N–H and O–H groups in total. The van der Waals surface area contributed by atoms with E-state index in [2.05, 4.69) is 0 Å². The van der Waals surface area contributed by atoms with Gasteiger partial charge in [-0.1, -0.05) is 19.3 Å². The molecule has 0 atom stereocenters. The number of carbonyl (C=O) groups is 1. The van der Waals surface area contributed by atoms with Crippen LogP contribution >= 0.6 is 0 Å². The van der Waals surface area contributed by atoms with Gasteiger partial charge in [-0.3, -0.25) is 4.79 Å². The van der Waals surface area contributed by atoms with Crippen LogP contribution < -0.4 is 0 Å². The molecular weight excluding hydrogens is 178 g/mol. The molecule has 1 saturated heterocycles. The van der Waals surface area contributed by atoms with Gasteiger partial charge in [-0.2, -0.15) is 0 Å². The first-order valence-corrected chi connectivity index (χ1v) is 5.74. The topological polar surface area (TPSA) is 29.5 Å². The smallest absolute Gasteiger partial charge is 0.225 e. The van der Waals surface area contributed by atoms with Crippen LogP contribution in [0.15, 0.2) is 0 Å². The van der Waals surface area contributed by atoms with Crippen LogP contribution in [0, 0.1) is 5.92 Å². The van der Waals surface area contributed by atoms with Crippen molar-refractivity contribution in [2.45, 2.75) is 32.1 Å². The molecule has 0 aromatic rings. The van der Waals surface area contributed by atoms with E-state index in [0.29, 0.717) is 11.8 Å². The Balaban J connectivity index is 1.85. The lowest BCUT2D eigenvalue weighted by molar-refractivity contribution is -0.140. The van der Waals surface area contributed by atoms with E-state index >= 15 is 0 Å². The summed E-state index contributed by atoms with van der Waals surface area (Å²) in [5.41, 5.74) is 0. The van der Waals surface area contributed by atoms with Gasteiger partial charge in [0.1, 0.15) is 0 Å². The number of rotatable bonds is 1. The minimum absolute atomic E-state index is 0.321. The zero-order valence-electron chi connectivity index (χ0n) is 8.71. The molecule has 2 rings (SSSR count). The molecule has 0 radical (unpaired) electrons. The van der Waals surface area contributed by atoms with Crippen LogP contribution in [-0.2, 0) is 9.53 Å². The number of hydrogen-bond donors (Lipinski definition) is 0. The molecular formula is C11H19NO2. The molecule has 3 heteroatoms. The van der Waals surface area contributed by atoms with Crippen LogP contribution in [0.5, 0.6) is 0 Å². The van der Waals surface area contributed by atoms with Crippen molar-refractivity contribution < 1.29 is 9.53 Å². The summed E-state index contributed by atoms with van der Waals surface area (Å²) in [6, 6.07) is 0. The van der Waals surface area contributed by atoms with Gasteiger partial charge in [0.2, 0.25) is 5.91 Å². The van der Waals surface area contributed by atoms with Gasteiger partial charge in [0.25, 0.3) is 0 Å². The summed E-state index contributed by atoms with van der Waals surface area (Å²) in [6.45, 7) is 3.04. The standard InChI is InChI=1S/C11H19NO2/c13-11(10-4-2-1-3-5-10)12-6-8-14-9-7-12/h10H,1-9H2. The Morgan fingerprint density at radius 2 is 1.71 bits per heavy atom. The van der Waals surface area contributed by atoms with Crippen molar-refractivity contribution in [2.24, 2.45) is 5.92 Å². The number of nitrogens with zero attached hydrogens (tertiary/aromatic N) is 1. The van der Waals surface area contributed by atoms with Crippen molar-refractivity contribution in [1.82, 2.24) is 4.90 Å². The Kier molecular flexibility index (Phi) is 3.40. The summed E-state index contributed by atoms with van der Waals surface area (Å²) < 4.78 is 5.24. The van der Waals surface area contributed by atoms with Crippen LogP contribution in [0.1, 0.15) is 32.1 Å². The van der Waals surface area contributed by atoms with Gasteiger partial charge in [0.05, 0.1) is 13.2 Å². The first-order valence-electron chi connectivity index (χ1n) is 5.74. The van der Waals surface area contributed by atoms with E-state index in [1.165, 1.54) is 19.3 Å². The number of ether oxygens (including phenoxy) is 1. The summed E-state index contributed by atoms with van der Waals surface area (Å²) in [5.74, 6) is 0.704. The van der Waals surface area contributed by atoms with Crippen LogP contribution in [0.3, 0.4) is 0 Å². The predicted molar refractivity (Wildman–Crippen MR) is 54.0 cm³/mol. The van der Waals surface area contributed by atoms with Gasteiger partial charge >= 0.3 is 0 Å². The third-order valence-corrected chi connectivity index (χ3v) is 3.28. The fraction of sp³-hybridized carbons (Fsp3) is 0.909. The minimum atomic E-state index is 0.321. The molecule has 1 amide bonds. The Hall–Kier alpha value is -0.570. The zero-order chi connectivity index (χ0) is 9.80. The Morgan fingerprint density at radius 1 is 1.07 bits per heavy atom. The molecule has 0 unspecified atom stereocenters. The summed E-state index contributed by atoms with van der Waals surface area (Å²) >= 11 is 0. The van der Waals surface area contributed by atoms with Crippen LogP contribution in [-0.4, -0.2) is 37.1 Å². The molecule has 1 aliphatic heterocycles. The fourth-order valence-electron chi connectivity index (χ4n) is 2.39. The third kappa shape index (κ3) is 2.27. The van der Waals surface area contributed by atoms with Crippen molar-refractivity contribution in [3.8, 4) is 0 Å². The van der Waals surface area contributed by atoms with Gasteiger partial charge in [0.15, 0.2) is 0 Å². The molecule has 0 aromatic heterocycles. The minimum Gasteiger partial charge on any atom is -0.378 e. The molecule has 1 heterocycles. The summed E-state index contributed by atoms with van der Waals surface area (Å²) in [7, 11) is 0. The monoisotopic (exact) mass is 197 g/mol. The van der Waals surface area contributed by atoms with Crippen LogP contribution in [0.2, 0.25) is 0 Å². The van der Waals surface area contributed by atoms with Crippen LogP contribution in [0.4, 0.5) is 0 Å². The average molecular weight is 197 g/mol. The van der Waals surface area contributed by atoms with Gasteiger partial charge in [-0.15, -0.1) is 0 Å². The van der Waals surface area contributed by atoms with Gasteiger partial charge in [-0.25, -0.2) is 0 Å². The lowest BCUT2D eigenvalue weighted by Crippen LogP contribution is -2.44. The predicted octanol–water partition coefficient (Wildman–Crippen LogP) is 1.43. The lowest BCUT2D eigenvalue weighted by atomic mass is 9.88. The first kappa shape index (κ1) is 9.97. The second kappa shape index (κ2) is 4.78. The highest BCUT2D eigenvalue weighted by Gasteiger charge is 2.26. The van der Waals surface area contributed by atoms with Crippen molar-refractivity contribution in [3.63, 3.8) is 0 Å². The highest BCUT2D eigenvalue weighted by atomic mass is 16.5. The maximum absolute atomic E-state index is 12.0. The molecule has 0 spiro atoms. The largest absolute Gasteiger partial charge is 0.378 e. The van der Waals surface area contributed by atoms with E-state index in [4.69, 9.17) is 4.74 Å². The van der Waals surface area contributed by atoms with Gasteiger partial charge in [0, 0.05) is 19.0 Å². The molecule has 2 aliphatic rings. The van der Waals surface area contributed by atoms with E-state index in [9.17, 15) is 4.79 Å².